The maximum absolute atomic E-state index is 13.3. The first-order chi connectivity index (χ1) is 14.6. The van der Waals surface area contributed by atoms with E-state index in [0.29, 0.717) is 47.3 Å². The Morgan fingerprint density at radius 3 is 2.73 bits per heavy atom. The van der Waals surface area contributed by atoms with E-state index in [4.69, 9.17) is 16.3 Å². The number of carbonyl (C=O) groups is 1. The lowest BCUT2D eigenvalue weighted by Crippen LogP contribution is -2.22. The zero-order valence-electron chi connectivity index (χ0n) is 15.8. The first kappa shape index (κ1) is 20.1. The Labute approximate surface area is 177 Å². The molecule has 7 nitrogen and oxygen atoms in total. The standard InChI is InChI=1S/C21H17ClFN5O2/c22-16-9-14(2-3-17(16)23)30-12-13-8-19(29)15-4-7-25-18(21(15)28-13)10-24-11-20-26-5-1-6-27-20/h1-7,9,24H,8,10-12H2. The summed E-state index contributed by atoms with van der Waals surface area (Å²) in [6, 6.07) is 7.51. The minimum Gasteiger partial charge on any atom is -0.488 e. The Bertz CT molecular complexity index is 1110. The molecule has 0 spiro atoms. The maximum Gasteiger partial charge on any atom is 0.170 e. The van der Waals surface area contributed by atoms with Gasteiger partial charge in [0.1, 0.15) is 24.0 Å². The van der Waals surface area contributed by atoms with Crippen LogP contribution < -0.4 is 10.1 Å². The molecule has 1 N–H and O–H groups in total. The van der Waals surface area contributed by atoms with Crippen LogP contribution in [-0.2, 0) is 13.1 Å². The van der Waals surface area contributed by atoms with Gasteiger partial charge in [-0.1, -0.05) is 11.6 Å². The largest absolute Gasteiger partial charge is 0.488 e. The van der Waals surface area contributed by atoms with Gasteiger partial charge in [-0.25, -0.2) is 14.4 Å². The zero-order chi connectivity index (χ0) is 20.9. The fourth-order valence-electron chi connectivity index (χ4n) is 2.99. The highest BCUT2D eigenvalue weighted by molar-refractivity contribution is 6.30. The molecule has 0 amide bonds. The zero-order valence-corrected chi connectivity index (χ0v) is 16.6. The fourth-order valence-corrected chi connectivity index (χ4v) is 3.16. The van der Waals surface area contributed by atoms with Crippen LogP contribution in [0.2, 0.25) is 5.02 Å². The van der Waals surface area contributed by atoms with Gasteiger partial charge in [0, 0.05) is 36.8 Å². The predicted molar refractivity (Wildman–Crippen MR) is 110 cm³/mol. The van der Waals surface area contributed by atoms with Crippen LogP contribution in [0.3, 0.4) is 0 Å². The second-order valence-electron chi connectivity index (χ2n) is 6.56. The normalized spacial score (nSPS) is 13.0. The molecule has 3 heterocycles. The number of hydrogen-bond donors (Lipinski definition) is 1. The second-order valence-corrected chi connectivity index (χ2v) is 6.97. The Balaban J connectivity index is 1.47. The van der Waals surface area contributed by atoms with Crippen molar-refractivity contribution in [1.82, 2.24) is 20.3 Å². The van der Waals surface area contributed by atoms with Crippen LogP contribution in [0.5, 0.6) is 5.75 Å². The number of rotatable bonds is 7. The van der Waals surface area contributed by atoms with Gasteiger partial charge in [0.25, 0.3) is 0 Å². The van der Waals surface area contributed by atoms with E-state index in [1.165, 1.54) is 18.2 Å². The molecule has 2 aromatic heterocycles. The quantitative estimate of drug-likeness (QED) is 0.621. The molecule has 0 saturated heterocycles. The van der Waals surface area contributed by atoms with Gasteiger partial charge in [-0.15, -0.1) is 0 Å². The third-order valence-corrected chi connectivity index (χ3v) is 4.72. The molecule has 0 radical (unpaired) electrons. The minimum atomic E-state index is -0.521. The molecule has 4 rings (SSSR count). The van der Waals surface area contributed by atoms with E-state index in [-0.39, 0.29) is 23.8 Å². The van der Waals surface area contributed by atoms with Gasteiger partial charge in [-0.3, -0.25) is 14.8 Å². The SMILES string of the molecule is O=C1CC(COc2ccc(F)c(Cl)c2)=Nc2c1ccnc2CNCc1ncccn1. The highest BCUT2D eigenvalue weighted by Gasteiger charge is 2.23. The molecule has 9 heteroatoms. The van der Waals surface area contributed by atoms with Gasteiger partial charge >= 0.3 is 0 Å². The van der Waals surface area contributed by atoms with Crippen LogP contribution in [0.25, 0.3) is 0 Å². The number of nitrogens with one attached hydrogen (secondary N) is 1. The number of halogens is 2. The summed E-state index contributed by atoms with van der Waals surface area (Å²) >= 11 is 5.78. The minimum absolute atomic E-state index is 0.0283. The van der Waals surface area contributed by atoms with Crippen LogP contribution in [0.1, 0.15) is 28.3 Å². The van der Waals surface area contributed by atoms with Crippen molar-refractivity contribution in [2.75, 3.05) is 6.61 Å². The molecule has 30 heavy (non-hydrogen) atoms. The fraction of sp³-hybridized carbons (Fsp3) is 0.190. The summed E-state index contributed by atoms with van der Waals surface area (Å²) in [6.07, 6.45) is 5.10. The monoisotopic (exact) mass is 425 g/mol. The lowest BCUT2D eigenvalue weighted by Gasteiger charge is -2.17. The lowest BCUT2D eigenvalue weighted by atomic mass is 10.00. The van der Waals surface area contributed by atoms with Crippen LogP contribution in [0.4, 0.5) is 10.1 Å². The molecule has 0 fully saturated rings. The summed E-state index contributed by atoms with van der Waals surface area (Å²) in [4.78, 5) is 29.9. The van der Waals surface area contributed by atoms with Gasteiger partial charge in [-0.2, -0.15) is 0 Å². The number of benzene rings is 1. The number of fused-ring (bicyclic) bond motifs is 1. The summed E-state index contributed by atoms with van der Waals surface area (Å²) in [5.74, 6) is 0.491. The van der Waals surface area contributed by atoms with Gasteiger partial charge < -0.3 is 10.1 Å². The Morgan fingerprint density at radius 1 is 1.10 bits per heavy atom. The van der Waals surface area contributed by atoms with Crippen molar-refractivity contribution in [3.8, 4) is 5.75 Å². The molecule has 0 saturated carbocycles. The van der Waals surface area contributed by atoms with E-state index in [9.17, 15) is 9.18 Å². The predicted octanol–water partition coefficient (Wildman–Crippen LogP) is 3.69. The number of pyridine rings is 1. The number of aliphatic imine (C=N–C) groups is 1. The van der Waals surface area contributed by atoms with Gasteiger partial charge in [0.15, 0.2) is 5.78 Å². The van der Waals surface area contributed by atoms with E-state index in [2.05, 4.69) is 25.3 Å². The summed E-state index contributed by atoms with van der Waals surface area (Å²) < 4.78 is 18.9. The molecule has 1 aliphatic heterocycles. The van der Waals surface area contributed by atoms with Crippen molar-refractivity contribution in [3.05, 3.63) is 76.8 Å². The lowest BCUT2D eigenvalue weighted by molar-refractivity contribution is 0.0998. The van der Waals surface area contributed by atoms with E-state index >= 15 is 0 Å². The summed E-state index contributed by atoms with van der Waals surface area (Å²) in [5.41, 5.74) is 2.28. The van der Waals surface area contributed by atoms with E-state index in [1.54, 1.807) is 30.7 Å². The maximum atomic E-state index is 13.3. The van der Waals surface area contributed by atoms with Crippen molar-refractivity contribution in [2.45, 2.75) is 19.5 Å². The number of hydrogen-bond acceptors (Lipinski definition) is 7. The number of ketones is 1. The Hall–Kier alpha value is -3.23. The van der Waals surface area contributed by atoms with E-state index < -0.39 is 5.82 Å². The second kappa shape index (κ2) is 9.06. The van der Waals surface area contributed by atoms with Crippen molar-refractivity contribution in [3.63, 3.8) is 0 Å². The van der Waals surface area contributed by atoms with Crippen LogP contribution in [0.15, 0.2) is 53.9 Å². The van der Waals surface area contributed by atoms with Crippen molar-refractivity contribution in [1.29, 1.82) is 0 Å². The number of carbonyl (C=O) groups excluding carboxylic acids is 1. The van der Waals surface area contributed by atoms with Crippen molar-refractivity contribution < 1.29 is 13.9 Å². The van der Waals surface area contributed by atoms with E-state index in [0.717, 1.165) is 0 Å². The third-order valence-electron chi connectivity index (χ3n) is 4.43. The van der Waals surface area contributed by atoms with Crippen LogP contribution in [0, 0.1) is 5.82 Å². The molecule has 0 aliphatic carbocycles. The molecular weight excluding hydrogens is 409 g/mol. The highest BCUT2D eigenvalue weighted by atomic mass is 35.5. The molecule has 3 aromatic rings. The third kappa shape index (κ3) is 4.67. The summed E-state index contributed by atoms with van der Waals surface area (Å²) in [5, 5.41) is 3.19. The van der Waals surface area contributed by atoms with Crippen molar-refractivity contribution in [2.24, 2.45) is 4.99 Å². The molecule has 1 aromatic carbocycles. The topological polar surface area (TPSA) is 89.4 Å². The Morgan fingerprint density at radius 2 is 1.93 bits per heavy atom. The van der Waals surface area contributed by atoms with Gasteiger partial charge in [-0.05, 0) is 24.3 Å². The number of Topliss-reactive ketones (excluding diaryl/α,β-unsaturated/α-hetero) is 1. The highest BCUT2D eigenvalue weighted by Crippen LogP contribution is 2.29. The van der Waals surface area contributed by atoms with Crippen LogP contribution in [-0.4, -0.2) is 33.1 Å². The summed E-state index contributed by atoms with van der Waals surface area (Å²) in [7, 11) is 0. The number of ether oxygens (including phenoxy) is 1. The molecule has 152 valence electrons. The average molecular weight is 426 g/mol. The van der Waals surface area contributed by atoms with Crippen LogP contribution >= 0.6 is 11.6 Å². The Kier molecular flexibility index (Phi) is 6.06. The smallest absolute Gasteiger partial charge is 0.170 e. The first-order valence-electron chi connectivity index (χ1n) is 9.22. The molecule has 0 bridgehead atoms. The van der Waals surface area contributed by atoms with E-state index in [1.807, 2.05) is 0 Å². The molecule has 0 unspecified atom stereocenters. The van der Waals surface area contributed by atoms with Gasteiger partial charge in [0.05, 0.1) is 35.1 Å². The van der Waals surface area contributed by atoms with Gasteiger partial charge in [0.2, 0.25) is 0 Å². The average Bonchev–Trinajstić information content (AvgIpc) is 2.76. The first-order valence-corrected chi connectivity index (χ1v) is 9.60. The molecular formula is C21H17ClFN5O2. The molecule has 1 aliphatic rings. The number of aromatic nitrogens is 3. The molecule has 0 atom stereocenters. The number of nitrogens with zero attached hydrogens (tertiary/aromatic N) is 4. The summed E-state index contributed by atoms with van der Waals surface area (Å²) in [6.45, 7) is 0.956. The van der Waals surface area contributed by atoms with Crippen molar-refractivity contribution >= 4 is 28.8 Å².